The highest BCUT2D eigenvalue weighted by Crippen LogP contribution is 2.43. The monoisotopic (exact) mass is 665 g/mol. The second-order valence-corrected chi connectivity index (χ2v) is 13.1. The van der Waals surface area contributed by atoms with Crippen molar-refractivity contribution in [3.63, 3.8) is 0 Å². The minimum atomic E-state index is 0.538. The van der Waals surface area contributed by atoms with Gasteiger partial charge in [0.2, 0.25) is 0 Å². The van der Waals surface area contributed by atoms with Gasteiger partial charge in [0, 0.05) is 32.7 Å². The Balaban J connectivity index is 1.24. The lowest BCUT2D eigenvalue weighted by atomic mass is 9.91. The average Bonchev–Trinajstić information content (AvgIpc) is 3.79. The maximum absolute atomic E-state index is 6.61. The number of para-hydroxylation sites is 3. The summed E-state index contributed by atoms with van der Waals surface area (Å²) < 4.78 is 13.1. The molecule has 11 rings (SSSR count). The van der Waals surface area contributed by atoms with Crippen molar-refractivity contribution in [2.45, 2.75) is 0 Å². The number of nitrogens with zero attached hydrogens (tertiary/aromatic N) is 3. The van der Waals surface area contributed by atoms with Gasteiger partial charge in [-0.2, -0.15) is 0 Å². The van der Waals surface area contributed by atoms with Crippen LogP contribution in [0.4, 0.5) is 0 Å². The molecular weight excluding hydrogens is 639 g/mol. The van der Waals surface area contributed by atoms with Crippen molar-refractivity contribution in [3.05, 3.63) is 164 Å². The standard InChI is InChI=1S/C47H27N3O2/c1-2-13-28(14-3-1)45-48-46(37-22-12-21-35-34-19-8-10-23-40(34)52-44(35)37)50-47(49-45)39-26-30(27-42-43(39)36-20-9-11-24-41(36)51-42)38-25-29-15-4-5-16-31(29)32-17-6-7-18-33(32)38/h1-27H. The summed E-state index contributed by atoms with van der Waals surface area (Å²) in [6.45, 7) is 0. The molecule has 5 nitrogen and oxygen atoms in total. The third kappa shape index (κ3) is 4.39. The summed E-state index contributed by atoms with van der Waals surface area (Å²) in [5, 5.41) is 8.81. The van der Waals surface area contributed by atoms with Crippen molar-refractivity contribution in [2.75, 3.05) is 0 Å². The number of benzene rings is 8. The van der Waals surface area contributed by atoms with Crippen LogP contribution in [0.25, 0.3) is 111 Å². The van der Waals surface area contributed by atoms with Crippen LogP contribution in [0.15, 0.2) is 173 Å². The Morgan fingerprint density at radius 1 is 0.327 bits per heavy atom. The first kappa shape index (κ1) is 28.7. The van der Waals surface area contributed by atoms with E-state index in [1.807, 2.05) is 78.9 Å². The fraction of sp³-hybridized carbons (Fsp3) is 0. The molecule has 5 heteroatoms. The highest BCUT2D eigenvalue weighted by Gasteiger charge is 2.22. The van der Waals surface area contributed by atoms with E-state index in [9.17, 15) is 0 Å². The first-order valence-corrected chi connectivity index (χ1v) is 17.4. The van der Waals surface area contributed by atoms with E-state index in [-0.39, 0.29) is 0 Å². The van der Waals surface area contributed by atoms with Gasteiger partial charge in [-0.25, -0.2) is 15.0 Å². The fourth-order valence-electron chi connectivity index (χ4n) is 7.74. The maximum atomic E-state index is 6.61. The molecular formula is C47H27N3O2. The predicted octanol–water partition coefficient (Wildman–Crippen LogP) is 12.6. The van der Waals surface area contributed by atoms with Crippen molar-refractivity contribution >= 4 is 65.4 Å². The normalized spacial score (nSPS) is 11.8. The second kappa shape index (κ2) is 11.2. The molecule has 0 unspecified atom stereocenters. The van der Waals surface area contributed by atoms with Crippen LogP contribution >= 0.6 is 0 Å². The summed E-state index contributed by atoms with van der Waals surface area (Å²) >= 11 is 0. The van der Waals surface area contributed by atoms with E-state index in [0.717, 1.165) is 71.7 Å². The second-order valence-electron chi connectivity index (χ2n) is 13.1. The molecule has 3 aromatic heterocycles. The van der Waals surface area contributed by atoms with Crippen LogP contribution in [0, 0.1) is 0 Å². The van der Waals surface area contributed by atoms with Crippen molar-refractivity contribution < 1.29 is 8.83 Å². The molecule has 0 aliphatic carbocycles. The molecule has 0 aliphatic heterocycles. The number of hydrogen-bond acceptors (Lipinski definition) is 5. The van der Waals surface area contributed by atoms with Gasteiger partial charge in [0.1, 0.15) is 22.3 Å². The average molecular weight is 666 g/mol. The van der Waals surface area contributed by atoms with E-state index in [4.69, 9.17) is 23.8 Å². The van der Waals surface area contributed by atoms with Crippen molar-refractivity contribution in [2.24, 2.45) is 0 Å². The molecule has 0 amide bonds. The zero-order valence-corrected chi connectivity index (χ0v) is 27.7. The fourth-order valence-corrected chi connectivity index (χ4v) is 7.74. The Morgan fingerprint density at radius 3 is 1.77 bits per heavy atom. The van der Waals surface area contributed by atoms with Crippen LogP contribution in [0.5, 0.6) is 0 Å². The van der Waals surface area contributed by atoms with E-state index in [1.165, 1.54) is 21.5 Å². The van der Waals surface area contributed by atoms with Crippen molar-refractivity contribution in [1.29, 1.82) is 0 Å². The maximum Gasteiger partial charge on any atom is 0.167 e. The molecule has 11 aromatic rings. The lowest BCUT2D eigenvalue weighted by Crippen LogP contribution is -2.01. The Hall–Kier alpha value is -7.11. The third-order valence-corrected chi connectivity index (χ3v) is 10.1. The molecule has 8 aromatic carbocycles. The Bertz CT molecular complexity index is 3190. The lowest BCUT2D eigenvalue weighted by molar-refractivity contribution is 0.668. The van der Waals surface area contributed by atoms with E-state index in [0.29, 0.717) is 17.5 Å². The number of rotatable bonds is 4. The summed E-state index contributed by atoms with van der Waals surface area (Å²) in [7, 11) is 0. The van der Waals surface area contributed by atoms with Gasteiger partial charge in [-0.05, 0) is 69.1 Å². The van der Waals surface area contributed by atoms with Gasteiger partial charge in [0.05, 0.1) is 5.56 Å². The molecule has 0 radical (unpaired) electrons. The van der Waals surface area contributed by atoms with E-state index in [1.54, 1.807) is 0 Å². The van der Waals surface area contributed by atoms with Crippen molar-refractivity contribution in [3.8, 4) is 45.3 Å². The minimum Gasteiger partial charge on any atom is -0.456 e. The molecule has 3 heterocycles. The third-order valence-electron chi connectivity index (χ3n) is 10.1. The summed E-state index contributed by atoms with van der Waals surface area (Å²) in [4.78, 5) is 15.6. The Labute approximate surface area is 297 Å². The quantitative estimate of drug-likeness (QED) is 0.175. The van der Waals surface area contributed by atoms with E-state index in [2.05, 4.69) is 84.9 Å². The molecule has 242 valence electrons. The largest absolute Gasteiger partial charge is 0.456 e. The van der Waals surface area contributed by atoms with Gasteiger partial charge >= 0.3 is 0 Å². The molecule has 0 bridgehead atoms. The van der Waals surface area contributed by atoms with Crippen LogP contribution < -0.4 is 0 Å². The van der Waals surface area contributed by atoms with E-state index < -0.39 is 0 Å². The number of hydrogen-bond donors (Lipinski definition) is 0. The van der Waals surface area contributed by atoms with Crippen LogP contribution in [0.1, 0.15) is 0 Å². The number of fused-ring (bicyclic) bond motifs is 9. The molecule has 0 fully saturated rings. The molecule has 0 aliphatic rings. The zero-order chi connectivity index (χ0) is 34.2. The van der Waals surface area contributed by atoms with Gasteiger partial charge in [0.15, 0.2) is 17.5 Å². The first-order valence-electron chi connectivity index (χ1n) is 17.4. The Kier molecular flexibility index (Phi) is 6.18. The smallest absolute Gasteiger partial charge is 0.167 e. The highest BCUT2D eigenvalue weighted by atomic mass is 16.3. The SMILES string of the molecule is c1ccc(-c2nc(-c3cccc4c3oc3ccccc34)nc(-c3cc(-c4cc5ccccc5c5ccccc45)cc4oc5ccccc5c34)n2)cc1. The highest BCUT2D eigenvalue weighted by molar-refractivity contribution is 6.17. The van der Waals surface area contributed by atoms with Gasteiger partial charge in [-0.15, -0.1) is 0 Å². The Morgan fingerprint density at radius 2 is 0.942 bits per heavy atom. The molecule has 52 heavy (non-hydrogen) atoms. The first-order chi connectivity index (χ1) is 25.8. The van der Waals surface area contributed by atoms with Gasteiger partial charge in [-0.3, -0.25) is 0 Å². The molecule has 0 N–H and O–H groups in total. The van der Waals surface area contributed by atoms with Gasteiger partial charge in [0.25, 0.3) is 0 Å². The lowest BCUT2D eigenvalue weighted by Gasteiger charge is -2.14. The predicted molar refractivity (Wildman–Crippen MR) is 211 cm³/mol. The topological polar surface area (TPSA) is 65.0 Å². The minimum absolute atomic E-state index is 0.538. The van der Waals surface area contributed by atoms with Crippen LogP contribution in [-0.4, -0.2) is 15.0 Å². The summed E-state index contributed by atoms with van der Waals surface area (Å²) in [6.07, 6.45) is 0. The molecule has 0 spiro atoms. The summed E-state index contributed by atoms with van der Waals surface area (Å²) in [5.74, 6) is 1.67. The number of furan rings is 2. The summed E-state index contributed by atoms with van der Waals surface area (Å²) in [5.41, 5.74) is 7.85. The molecule has 0 atom stereocenters. The van der Waals surface area contributed by atoms with Crippen LogP contribution in [0.3, 0.4) is 0 Å². The molecule has 0 saturated heterocycles. The van der Waals surface area contributed by atoms with Gasteiger partial charge in [-0.1, -0.05) is 127 Å². The zero-order valence-electron chi connectivity index (χ0n) is 27.7. The molecule has 0 saturated carbocycles. The van der Waals surface area contributed by atoms with E-state index >= 15 is 0 Å². The van der Waals surface area contributed by atoms with Crippen LogP contribution in [0.2, 0.25) is 0 Å². The van der Waals surface area contributed by atoms with Crippen LogP contribution in [-0.2, 0) is 0 Å². The number of aromatic nitrogens is 3. The van der Waals surface area contributed by atoms with Crippen molar-refractivity contribution in [1.82, 2.24) is 15.0 Å². The van der Waals surface area contributed by atoms with Gasteiger partial charge < -0.3 is 8.83 Å². The summed E-state index contributed by atoms with van der Waals surface area (Å²) in [6, 6.07) is 56.3.